The molecule has 1 heterocycles. The topological polar surface area (TPSA) is 15.7 Å². The minimum atomic E-state index is 0.143. The highest BCUT2D eigenvalue weighted by atomic mass is 16.5. The van der Waals surface area contributed by atoms with Crippen LogP contribution in [-0.4, -0.2) is 60.8 Å². The first-order valence-electron chi connectivity index (χ1n) is 6.70. The molecule has 1 saturated heterocycles. The molecule has 1 rings (SSSR count). The van der Waals surface area contributed by atoms with Gasteiger partial charge in [0.15, 0.2) is 0 Å². The Hall–Kier alpha value is -0.120. The van der Waals surface area contributed by atoms with Crippen molar-refractivity contribution < 1.29 is 4.74 Å². The first-order valence-corrected chi connectivity index (χ1v) is 6.70. The Bertz CT molecular complexity index is 243. The molecule has 102 valence electrons. The van der Waals surface area contributed by atoms with E-state index in [2.05, 4.69) is 58.5 Å². The Morgan fingerprint density at radius 2 is 1.88 bits per heavy atom. The summed E-state index contributed by atoms with van der Waals surface area (Å²) in [4.78, 5) is 4.74. The maximum absolute atomic E-state index is 6.07. The van der Waals surface area contributed by atoms with Gasteiger partial charge in [0, 0.05) is 24.2 Å². The van der Waals surface area contributed by atoms with Gasteiger partial charge >= 0.3 is 0 Å². The number of rotatable bonds is 4. The van der Waals surface area contributed by atoms with E-state index in [9.17, 15) is 0 Å². The van der Waals surface area contributed by atoms with Gasteiger partial charge in [0.2, 0.25) is 0 Å². The predicted octanol–water partition coefficient (Wildman–Crippen LogP) is 2.22. The molecule has 0 radical (unpaired) electrons. The van der Waals surface area contributed by atoms with Gasteiger partial charge in [0.1, 0.15) is 0 Å². The van der Waals surface area contributed by atoms with Crippen LogP contribution in [0.4, 0.5) is 0 Å². The number of ether oxygens (including phenoxy) is 1. The molecule has 0 aromatic rings. The van der Waals surface area contributed by atoms with E-state index in [4.69, 9.17) is 4.74 Å². The molecule has 0 amide bonds. The third-order valence-corrected chi connectivity index (χ3v) is 3.77. The lowest BCUT2D eigenvalue weighted by atomic mass is 9.94. The molecule has 0 saturated carbocycles. The summed E-state index contributed by atoms with van der Waals surface area (Å²) in [7, 11) is 4.18. The van der Waals surface area contributed by atoms with Crippen LogP contribution < -0.4 is 0 Å². The van der Waals surface area contributed by atoms with Crippen molar-refractivity contribution >= 4 is 0 Å². The second-order valence-electron chi connectivity index (χ2n) is 6.93. The van der Waals surface area contributed by atoms with Crippen LogP contribution in [0.25, 0.3) is 0 Å². The van der Waals surface area contributed by atoms with Gasteiger partial charge in [0.25, 0.3) is 0 Å². The molecule has 3 heteroatoms. The minimum Gasteiger partial charge on any atom is -0.375 e. The van der Waals surface area contributed by atoms with Gasteiger partial charge < -0.3 is 9.64 Å². The van der Waals surface area contributed by atoms with Gasteiger partial charge in [-0.1, -0.05) is 0 Å². The van der Waals surface area contributed by atoms with Gasteiger partial charge in [-0.25, -0.2) is 0 Å². The first-order chi connectivity index (χ1) is 7.65. The van der Waals surface area contributed by atoms with Gasteiger partial charge in [-0.05, 0) is 55.1 Å². The lowest BCUT2D eigenvalue weighted by Crippen LogP contribution is -2.54. The van der Waals surface area contributed by atoms with Crippen molar-refractivity contribution in [2.24, 2.45) is 0 Å². The summed E-state index contributed by atoms with van der Waals surface area (Å²) in [6.45, 7) is 14.5. The minimum absolute atomic E-state index is 0.143. The van der Waals surface area contributed by atoms with Crippen LogP contribution in [0.5, 0.6) is 0 Å². The van der Waals surface area contributed by atoms with Crippen molar-refractivity contribution in [3.05, 3.63) is 0 Å². The number of hydrogen-bond donors (Lipinski definition) is 0. The van der Waals surface area contributed by atoms with Gasteiger partial charge in [-0.3, -0.25) is 4.90 Å². The Balaban J connectivity index is 2.54. The normalized spacial score (nSPS) is 25.8. The highest BCUT2D eigenvalue weighted by Crippen LogP contribution is 2.36. The Morgan fingerprint density at radius 3 is 2.29 bits per heavy atom. The van der Waals surface area contributed by atoms with Gasteiger partial charge in [-0.15, -0.1) is 0 Å². The fourth-order valence-electron chi connectivity index (χ4n) is 2.93. The highest BCUT2D eigenvalue weighted by Gasteiger charge is 2.46. The molecule has 1 unspecified atom stereocenters. The van der Waals surface area contributed by atoms with E-state index in [1.807, 2.05) is 0 Å². The number of likely N-dealkylation sites (N-methyl/N-ethyl adjacent to an activating group) is 1. The average molecular weight is 242 g/mol. The first kappa shape index (κ1) is 14.9. The number of hydrogen-bond acceptors (Lipinski definition) is 3. The summed E-state index contributed by atoms with van der Waals surface area (Å²) >= 11 is 0. The van der Waals surface area contributed by atoms with E-state index < -0.39 is 0 Å². The molecular weight excluding hydrogens is 212 g/mol. The Labute approximate surface area is 107 Å². The maximum atomic E-state index is 6.07. The van der Waals surface area contributed by atoms with Gasteiger partial charge in [0.05, 0.1) is 12.7 Å². The lowest BCUT2D eigenvalue weighted by molar-refractivity contribution is -0.0388. The molecule has 0 N–H and O–H groups in total. The molecule has 1 atom stereocenters. The fourth-order valence-corrected chi connectivity index (χ4v) is 2.93. The van der Waals surface area contributed by atoms with Gasteiger partial charge in [-0.2, -0.15) is 0 Å². The SMILES string of the molecule is CN(C)CCOC1CCN(C(C)(C)C)C1(C)C. The summed E-state index contributed by atoms with van der Waals surface area (Å²) in [5.41, 5.74) is 0.369. The zero-order chi connectivity index (χ0) is 13.3. The van der Waals surface area contributed by atoms with Crippen LogP contribution in [0.3, 0.4) is 0 Å². The second-order valence-corrected chi connectivity index (χ2v) is 6.93. The largest absolute Gasteiger partial charge is 0.375 e. The molecule has 0 aromatic heterocycles. The highest BCUT2D eigenvalue weighted by molar-refractivity contribution is 5.01. The van der Waals surface area contributed by atoms with Crippen molar-refractivity contribution in [2.45, 2.75) is 58.2 Å². The Morgan fingerprint density at radius 1 is 1.29 bits per heavy atom. The third kappa shape index (κ3) is 3.67. The van der Waals surface area contributed by atoms with Crippen molar-refractivity contribution in [2.75, 3.05) is 33.8 Å². The van der Waals surface area contributed by atoms with E-state index in [0.29, 0.717) is 6.10 Å². The Kier molecular flexibility index (Phi) is 4.61. The zero-order valence-electron chi connectivity index (χ0n) is 12.7. The van der Waals surface area contributed by atoms with Crippen LogP contribution in [0.1, 0.15) is 41.0 Å². The predicted molar refractivity (Wildman–Crippen MR) is 73.4 cm³/mol. The third-order valence-electron chi connectivity index (χ3n) is 3.77. The van der Waals surface area contributed by atoms with Crippen LogP contribution in [0, 0.1) is 0 Å². The molecule has 17 heavy (non-hydrogen) atoms. The summed E-state index contributed by atoms with van der Waals surface area (Å²) in [5.74, 6) is 0. The molecule has 0 bridgehead atoms. The lowest BCUT2D eigenvalue weighted by Gasteiger charge is -2.44. The van der Waals surface area contributed by atoms with E-state index in [1.54, 1.807) is 0 Å². The fraction of sp³-hybridized carbons (Fsp3) is 1.00. The van der Waals surface area contributed by atoms with Crippen molar-refractivity contribution in [3.63, 3.8) is 0 Å². The summed E-state index contributed by atoms with van der Waals surface area (Å²) in [6.07, 6.45) is 1.51. The smallest absolute Gasteiger partial charge is 0.0766 e. The zero-order valence-corrected chi connectivity index (χ0v) is 12.7. The second kappa shape index (κ2) is 5.25. The summed E-state index contributed by atoms with van der Waals surface area (Å²) < 4.78 is 6.07. The van der Waals surface area contributed by atoms with Crippen LogP contribution >= 0.6 is 0 Å². The molecule has 1 aliphatic heterocycles. The van der Waals surface area contributed by atoms with Crippen LogP contribution in [0.2, 0.25) is 0 Å². The molecule has 0 aliphatic carbocycles. The summed E-state index contributed by atoms with van der Waals surface area (Å²) in [5, 5.41) is 0. The van der Waals surface area contributed by atoms with Crippen molar-refractivity contribution in [3.8, 4) is 0 Å². The molecule has 3 nitrogen and oxygen atoms in total. The van der Waals surface area contributed by atoms with Crippen molar-refractivity contribution in [1.29, 1.82) is 0 Å². The molecule has 1 aliphatic rings. The monoisotopic (exact) mass is 242 g/mol. The number of nitrogens with zero attached hydrogens (tertiary/aromatic N) is 2. The molecular formula is C14H30N2O. The van der Waals surface area contributed by atoms with E-state index in [1.165, 1.54) is 0 Å². The van der Waals surface area contributed by atoms with E-state index in [-0.39, 0.29) is 11.1 Å². The summed E-state index contributed by atoms with van der Waals surface area (Å²) in [6, 6.07) is 0. The molecule has 0 spiro atoms. The van der Waals surface area contributed by atoms with E-state index >= 15 is 0 Å². The number of likely N-dealkylation sites (tertiary alicyclic amines) is 1. The standard InChI is InChI=1S/C14H30N2O/c1-13(2,3)16-9-8-12(14(16,4)5)17-11-10-15(6)7/h12H,8-11H2,1-7H3. The quantitative estimate of drug-likeness (QED) is 0.752. The van der Waals surface area contributed by atoms with Crippen molar-refractivity contribution in [1.82, 2.24) is 9.80 Å². The maximum Gasteiger partial charge on any atom is 0.0766 e. The molecule has 0 aromatic carbocycles. The van der Waals surface area contributed by atoms with E-state index in [0.717, 1.165) is 26.1 Å². The van der Waals surface area contributed by atoms with Crippen LogP contribution in [0.15, 0.2) is 0 Å². The average Bonchev–Trinajstić information content (AvgIpc) is 2.40. The van der Waals surface area contributed by atoms with Crippen LogP contribution in [-0.2, 0) is 4.74 Å². The molecule has 1 fully saturated rings.